The van der Waals surface area contributed by atoms with Crippen LogP contribution in [-0.2, 0) is 0 Å². The Morgan fingerprint density at radius 3 is 1.50 bits per heavy atom. The molecule has 4 heteroatoms. The Labute approximate surface area is 278 Å². The summed E-state index contributed by atoms with van der Waals surface area (Å²) < 4.78 is 0. The molecular weight excluding hydrogens is 585 g/mol. The zero-order chi connectivity index (χ0) is 31.9. The van der Waals surface area contributed by atoms with E-state index in [2.05, 4.69) is 157 Å². The van der Waals surface area contributed by atoms with Crippen molar-refractivity contribution in [2.45, 2.75) is 0 Å². The smallest absolute Gasteiger partial charge is 0.164 e. The second kappa shape index (κ2) is 11.7. The van der Waals surface area contributed by atoms with Crippen LogP contribution in [0.25, 0.3) is 88.7 Å². The van der Waals surface area contributed by atoms with Gasteiger partial charge in [0.05, 0.1) is 0 Å². The van der Waals surface area contributed by atoms with Gasteiger partial charge in [0.15, 0.2) is 17.5 Å². The largest absolute Gasteiger partial charge is 0.264 e. The van der Waals surface area contributed by atoms with E-state index in [1.165, 1.54) is 21.5 Å². The van der Waals surface area contributed by atoms with Gasteiger partial charge >= 0.3 is 0 Å². The average molecular weight is 613 g/mol. The topological polar surface area (TPSA) is 51.6 Å². The highest BCUT2D eigenvalue weighted by molar-refractivity contribution is 5.98. The third-order valence-electron chi connectivity index (χ3n) is 8.94. The normalized spacial score (nSPS) is 11.3. The molecular formula is C44H28N4. The molecule has 224 valence electrons. The molecule has 0 saturated carbocycles. The van der Waals surface area contributed by atoms with E-state index in [0.29, 0.717) is 17.5 Å². The van der Waals surface area contributed by atoms with Gasteiger partial charge in [-0.05, 0) is 85.4 Å². The minimum Gasteiger partial charge on any atom is -0.264 e. The van der Waals surface area contributed by atoms with Gasteiger partial charge in [0, 0.05) is 34.6 Å². The van der Waals surface area contributed by atoms with Crippen molar-refractivity contribution >= 4 is 32.3 Å². The summed E-state index contributed by atoms with van der Waals surface area (Å²) in [5.41, 5.74) is 7.10. The molecule has 4 nitrogen and oxygen atoms in total. The molecule has 0 aliphatic rings. The fourth-order valence-electron chi connectivity index (χ4n) is 6.51. The number of fused-ring (bicyclic) bond motifs is 3. The van der Waals surface area contributed by atoms with Gasteiger partial charge in [-0.3, -0.25) is 4.98 Å². The highest BCUT2D eigenvalue weighted by Gasteiger charge is 2.16. The van der Waals surface area contributed by atoms with Crippen LogP contribution in [0, 0.1) is 0 Å². The molecule has 0 N–H and O–H groups in total. The van der Waals surface area contributed by atoms with Gasteiger partial charge in [0.1, 0.15) is 0 Å². The second-order valence-corrected chi connectivity index (χ2v) is 12.0. The van der Waals surface area contributed by atoms with Crippen LogP contribution in [0.3, 0.4) is 0 Å². The highest BCUT2D eigenvalue weighted by Crippen LogP contribution is 2.36. The monoisotopic (exact) mass is 612 g/mol. The number of nitrogens with zero attached hydrogens (tertiary/aromatic N) is 4. The maximum absolute atomic E-state index is 5.16. The lowest BCUT2D eigenvalue weighted by molar-refractivity contribution is 1.08. The fraction of sp³-hybridized carbons (Fsp3) is 0. The lowest BCUT2D eigenvalue weighted by Crippen LogP contribution is -2.01. The molecule has 2 heterocycles. The molecule has 0 spiro atoms. The lowest BCUT2D eigenvalue weighted by atomic mass is 9.93. The second-order valence-electron chi connectivity index (χ2n) is 12.0. The molecule has 0 aliphatic carbocycles. The Morgan fingerprint density at radius 1 is 0.312 bits per heavy atom. The quantitative estimate of drug-likeness (QED) is 0.194. The molecule has 0 aliphatic heterocycles. The van der Waals surface area contributed by atoms with Gasteiger partial charge in [-0.25, -0.2) is 15.0 Å². The van der Waals surface area contributed by atoms with Crippen molar-refractivity contribution < 1.29 is 0 Å². The van der Waals surface area contributed by atoms with Gasteiger partial charge in [0.2, 0.25) is 0 Å². The summed E-state index contributed by atoms with van der Waals surface area (Å²) in [7, 11) is 0. The Kier molecular flexibility index (Phi) is 6.76. The highest BCUT2D eigenvalue weighted by atomic mass is 15.0. The third-order valence-corrected chi connectivity index (χ3v) is 8.94. The van der Waals surface area contributed by atoms with Crippen molar-refractivity contribution in [3.63, 3.8) is 0 Å². The Balaban J connectivity index is 1.29. The number of benzene rings is 7. The van der Waals surface area contributed by atoms with Crippen molar-refractivity contribution in [1.82, 2.24) is 19.9 Å². The van der Waals surface area contributed by atoms with Crippen LogP contribution in [-0.4, -0.2) is 19.9 Å². The Morgan fingerprint density at radius 2 is 0.854 bits per heavy atom. The van der Waals surface area contributed by atoms with Gasteiger partial charge in [-0.1, -0.05) is 121 Å². The zero-order valence-electron chi connectivity index (χ0n) is 26.0. The van der Waals surface area contributed by atoms with Crippen LogP contribution in [0.15, 0.2) is 170 Å². The summed E-state index contributed by atoms with van der Waals surface area (Å²) in [6.45, 7) is 0. The van der Waals surface area contributed by atoms with E-state index in [1.54, 1.807) is 6.20 Å². The molecule has 0 unspecified atom stereocenters. The molecule has 0 bridgehead atoms. The van der Waals surface area contributed by atoms with Crippen LogP contribution in [0.2, 0.25) is 0 Å². The van der Waals surface area contributed by atoms with Crippen molar-refractivity contribution in [1.29, 1.82) is 0 Å². The summed E-state index contributed by atoms with van der Waals surface area (Å²) in [6.07, 6.45) is 3.71. The molecule has 9 aromatic rings. The van der Waals surface area contributed by atoms with E-state index < -0.39 is 0 Å². The number of pyridine rings is 1. The van der Waals surface area contributed by atoms with Crippen LogP contribution in [0.5, 0.6) is 0 Å². The van der Waals surface area contributed by atoms with Crippen LogP contribution in [0.4, 0.5) is 0 Å². The minimum absolute atomic E-state index is 0.614. The fourth-order valence-corrected chi connectivity index (χ4v) is 6.51. The first-order valence-corrected chi connectivity index (χ1v) is 16.0. The SMILES string of the molecule is c1cncc(-c2cc(-c3nc(-c4ccc5ccccc5c4)nc(-c4ccc5ccccc5c4)n3)cc(-c3cccc4ccccc34)c2)c1. The van der Waals surface area contributed by atoms with Crippen LogP contribution in [0.1, 0.15) is 0 Å². The standard InChI is InChI=1S/C44H28N4/c1-3-12-32-23-34(20-18-29(32)9-1)42-46-43(35-21-19-30-10-2-4-13-33(30)24-35)48-44(47-42)39-26-37(36-15-8-22-45-28-36)25-38(27-39)41-17-7-14-31-11-5-6-16-40(31)41/h1-28H. The van der Waals surface area contributed by atoms with Crippen molar-refractivity contribution in [3.8, 4) is 56.4 Å². The molecule has 0 saturated heterocycles. The predicted octanol–water partition coefficient (Wildman–Crippen LogP) is 11.1. The van der Waals surface area contributed by atoms with E-state index >= 15 is 0 Å². The molecule has 9 rings (SSSR count). The summed E-state index contributed by atoms with van der Waals surface area (Å²) in [5, 5.41) is 7.02. The van der Waals surface area contributed by atoms with E-state index in [9.17, 15) is 0 Å². The number of hydrogen-bond acceptors (Lipinski definition) is 4. The molecule has 0 radical (unpaired) electrons. The first-order valence-electron chi connectivity index (χ1n) is 16.0. The van der Waals surface area contributed by atoms with Crippen molar-refractivity contribution in [2.24, 2.45) is 0 Å². The number of rotatable bonds is 5. The Hall–Kier alpha value is -6.52. The summed E-state index contributed by atoms with van der Waals surface area (Å²) in [4.78, 5) is 19.8. The van der Waals surface area contributed by atoms with Gasteiger partial charge < -0.3 is 0 Å². The van der Waals surface area contributed by atoms with Crippen LogP contribution < -0.4 is 0 Å². The first-order chi connectivity index (χ1) is 23.7. The number of aromatic nitrogens is 4. The predicted molar refractivity (Wildman–Crippen MR) is 197 cm³/mol. The number of hydrogen-bond donors (Lipinski definition) is 0. The lowest BCUT2D eigenvalue weighted by Gasteiger charge is -2.14. The molecule has 7 aromatic carbocycles. The molecule has 2 aromatic heterocycles. The summed E-state index contributed by atoms with van der Waals surface area (Å²) >= 11 is 0. The average Bonchev–Trinajstić information content (AvgIpc) is 3.17. The summed E-state index contributed by atoms with van der Waals surface area (Å²) in [5.74, 6) is 1.88. The van der Waals surface area contributed by atoms with Crippen molar-refractivity contribution in [3.05, 3.63) is 170 Å². The summed E-state index contributed by atoms with van der Waals surface area (Å²) in [6, 6.07) is 55.1. The van der Waals surface area contributed by atoms with E-state index in [0.717, 1.165) is 49.7 Å². The maximum Gasteiger partial charge on any atom is 0.164 e. The third kappa shape index (κ3) is 5.16. The first kappa shape index (κ1) is 27.8. The van der Waals surface area contributed by atoms with Gasteiger partial charge in [-0.15, -0.1) is 0 Å². The van der Waals surface area contributed by atoms with E-state index in [4.69, 9.17) is 15.0 Å². The van der Waals surface area contributed by atoms with E-state index in [-0.39, 0.29) is 0 Å². The maximum atomic E-state index is 5.16. The zero-order valence-corrected chi connectivity index (χ0v) is 26.0. The van der Waals surface area contributed by atoms with Gasteiger partial charge in [-0.2, -0.15) is 0 Å². The molecule has 48 heavy (non-hydrogen) atoms. The van der Waals surface area contributed by atoms with Gasteiger partial charge in [0.25, 0.3) is 0 Å². The Bertz CT molecular complexity index is 2530. The van der Waals surface area contributed by atoms with Crippen molar-refractivity contribution in [2.75, 3.05) is 0 Å². The van der Waals surface area contributed by atoms with E-state index in [1.807, 2.05) is 12.3 Å². The molecule has 0 fully saturated rings. The molecule has 0 amide bonds. The minimum atomic E-state index is 0.614. The molecule has 0 atom stereocenters. The van der Waals surface area contributed by atoms with Crippen LogP contribution >= 0.6 is 0 Å².